The van der Waals surface area contributed by atoms with E-state index in [0.29, 0.717) is 0 Å². The van der Waals surface area contributed by atoms with Gasteiger partial charge in [-0.2, -0.15) is 5.10 Å². The van der Waals surface area contributed by atoms with Crippen molar-refractivity contribution in [1.82, 2.24) is 14.7 Å². The van der Waals surface area contributed by atoms with Crippen LogP contribution in [0, 0.1) is 5.41 Å². The summed E-state index contributed by atoms with van der Waals surface area (Å²) in [5.41, 5.74) is 1.01. The van der Waals surface area contributed by atoms with Crippen LogP contribution in [0.1, 0.15) is 40.5 Å². The Bertz CT molecular complexity index is 375. The monoisotopic (exact) mass is 296 g/mol. The molecule has 1 heterocycles. The first-order valence-corrected chi connectivity index (χ1v) is 8.22. The van der Waals surface area contributed by atoms with Crippen molar-refractivity contribution in [3.05, 3.63) is 12.4 Å². The van der Waals surface area contributed by atoms with Crippen molar-refractivity contribution in [2.75, 3.05) is 38.1 Å². The number of aromatic nitrogens is 2. The van der Waals surface area contributed by atoms with E-state index in [4.69, 9.17) is 0 Å². The van der Waals surface area contributed by atoms with Gasteiger partial charge in [0, 0.05) is 24.7 Å². The number of likely N-dealkylation sites (N-methyl/N-ethyl adjacent to an activating group) is 1. The smallest absolute Gasteiger partial charge is 0.0726 e. The Kier molecular flexibility index (Phi) is 7.75. The van der Waals surface area contributed by atoms with Crippen LogP contribution in [0.25, 0.3) is 0 Å². The normalized spacial score (nSPS) is 12.1. The van der Waals surface area contributed by atoms with Gasteiger partial charge in [0.15, 0.2) is 0 Å². The van der Waals surface area contributed by atoms with Gasteiger partial charge in [-0.25, -0.2) is 0 Å². The largest absolute Gasteiger partial charge is 0.396 e. The van der Waals surface area contributed by atoms with E-state index >= 15 is 0 Å². The van der Waals surface area contributed by atoms with E-state index in [1.807, 2.05) is 10.9 Å². The van der Waals surface area contributed by atoms with Gasteiger partial charge in [0.2, 0.25) is 0 Å². The van der Waals surface area contributed by atoms with Crippen LogP contribution in [0.2, 0.25) is 0 Å². The molecule has 0 aliphatic heterocycles. The molecule has 0 saturated heterocycles. The van der Waals surface area contributed by atoms with Crippen LogP contribution in [-0.2, 0) is 6.54 Å². The summed E-state index contributed by atoms with van der Waals surface area (Å²) in [4.78, 5) is 2.39. The summed E-state index contributed by atoms with van der Waals surface area (Å²) in [6.45, 7) is 13.7. The van der Waals surface area contributed by atoms with Gasteiger partial charge in [0.1, 0.15) is 0 Å². The second-order valence-corrected chi connectivity index (χ2v) is 5.74. The molecule has 21 heavy (non-hydrogen) atoms. The van der Waals surface area contributed by atoms with Crippen molar-refractivity contribution in [2.45, 2.75) is 47.1 Å². The maximum atomic E-state index is 9.59. The number of rotatable bonds is 11. The Morgan fingerprint density at radius 1 is 1.24 bits per heavy atom. The van der Waals surface area contributed by atoms with Crippen LogP contribution in [0.3, 0.4) is 0 Å². The maximum absolute atomic E-state index is 9.59. The van der Waals surface area contributed by atoms with E-state index < -0.39 is 0 Å². The van der Waals surface area contributed by atoms with Crippen LogP contribution < -0.4 is 5.32 Å². The number of nitrogens with zero attached hydrogens (tertiary/aromatic N) is 3. The molecule has 5 nitrogen and oxygen atoms in total. The number of nitrogens with one attached hydrogen (secondary N) is 1. The number of hydrogen-bond donors (Lipinski definition) is 2. The fourth-order valence-corrected chi connectivity index (χ4v) is 2.43. The number of aliphatic hydroxyl groups excluding tert-OH is 1. The topological polar surface area (TPSA) is 53.3 Å². The Balaban J connectivity index is 2.48. The maximum Gasteiger partial charge on any atom is 0.0726 e. The van der Waals surface area contributed by atoms with Gasteiger partial charge in [-0.1, -0.05) is 27.7 Å². The fourth-order valence-electron chi connectivity index (χ4n) is 2.43. The zero-order valence-electron chi connectivity index (χ0n) is 14.1. The molecule has 0 spiro atoms. The molecule has 5 heteroatoms. The highest BCUT2D eigenvalue weighted by molar-refractivity contribution is 5.38. The second-order valence-electron chi connectivity index (χ2n) is 5.74. The lowest BCUT2D eigenvalue weighted by atomic mass is 9.83. The lowest BCUT2D eigenvalue weighted by Crippen LogP contribution is -2.32. The van der Waals surface area contributed by atoms with Crippen molar-refractivity contribution in [3.63, 3.8) is 0 Å². The average Bonchev–Trinajstić information content (AvgIpc) is 2.98. The molecule has 0 unspecified atom stereocenters. The van der Waals surface area contributed by atoms with Crippen LogP contribution in [0.5, 0.6) is 0 Å². The Labute approximate surface area is 129 Å². The molecule has 0 atom stereocenters. The third-order valence-electron chi connectivity index (χ3n) is 4.68. The van der Waals surface area contributed by atoms with Crippen LogP contribution in [0.15, 0.2) is 12.4 Å². The lowest BCUT2D eigenvalue weighted by Gasteiger charge is -2.29. The number of anilines is 1. The van der Waals surface area contributed by atoms with E-state index in [0.717, 1.165) is 51.3 Å². The third-order valence-corrected chi connectivity index (χ3v) is 4.68. The predicted molar refractivity (Wildman–Crippen MR) is 88.6 cm³/mol. The summed E-state index contributed by atoms with van der Waals surface area (Å²) in [7, 11) is 0. The molecule has 1 aromatic heterocycles. The summed E-state index contributed by atoms with van der Waals surface area (Å²) >= 11 is 0. The molecule has 0 bridgehead atoms. The molecule has 0 radical (unpaired) electrons. The molecule has 0 aliphatic carbocycles. The molecule has 1 aromatic rings. The quantitative estimate of drug-likeness (QED) is 0.658. The molecule has 2 N–H and O–H groups in total. The average molecular weight is 296 g/mol. The first-order valence-electron chi connectivity index (χ1n) is 8.22. The van der Waals surface area contributed by atoms with Crippen LogP contribution in [0.4, 0.5) is 5.69 Å². The first-order chi connectivity index (χ1) is 10.1. The number of hydrogen-bond acceptors (Lipinski definition) is 4. The molecule has 0 saturated carbocycles. The van der Waals surface area contributed by atoms with Crippen LogP contribution >= 0.6 is 0 Å². The van der Waals surface area contributed by atoms with Crippen molar-refractivity contribution in [2.24, 2.45) is 5.41 Å². The van der Waals surface area contributed by atoms with Gasteiger partial charge in [0.05, 0.1) is 25.0 Å². The van der Waals surface area contributed by atoms with Gasteiger partial charge < -0.3 is 15.3 Å². The van der Waals surface area contributed by atoms with Crippen molar-refractivity contribution >= 4 is 5.69 Å². The van der Waals surface area contributed by atoms with E-state index in [-0.39, 0.29) is 12.0 Å². The number of aliphatic hydroxyl groups is 1. The second kappa shape index (κ2) is 9.05. The SMILES string of the molecule is CCN(CC)CCn1cc(NCC(CC)(CC)CO)cn1. The summed E-state index contributed by atoms with van der Waals surface area (Å²) < 4.78 is 1.99. The lowest BCUT2D eigenvalue weighted by molar-refractivity contribution is 0.127. The zero-order chi connectivity index (χ0) is 15.7. The minimum absolute atomic E-state index is 0.0245. The van der Waals surface area contributed by atoms with E-state index in [1.54, 1.807) is 0 Å². The highest BCUT2D eigenvalue weighted by Gasteiger charge is 2.24. The van der Waals surface area contributed by atoms with Crippen molar-refractivity contribution in [1.29, 1.82) is 0 Å². The minimum Gasteiger partial charge on any atom is -0.396 e. The Morgan fingerprint density at radius 3 is 2.43 bits per heavy atom. The summed E-state index contributed by atoms with van der Waals surface area (Å²) in [6.07, 6.45) is 5.87. The van der Waals surface area contributed by atoms with Gasteiger partial charge in [-0.15, -0.1) is 0 Å². The van der Waals surface area contributed by atoms with E-state index in [1.165, 1.54) is 0 Å². The molecule has 0 fully saturated rings. The van der Waals surface area contributed by atoms with Crippen molar-refractivity contribution in [3.8, 4) is 0 Å². The predicted octanol–water partition coefficient (Wildman–Crippen LogP) is 2.44. The standard InChI is InChI=1S/C16H32N4O/c1-5-16(6-2,14-21)13-17-15-11-18-20(12-15)10-9-19(7-3)8-4/h11-12,17,21H,5-10,13-14H2,1-4H3. The molecule has 0 aromatic carbocycles. The molecule has 122 valence electrons. The summed E-state index contributed by atoms with van der Waals surface area (Å²) in [5.74, 6) is 0. The highest BCUT2D eigenvalue weighted by Crippen LogP contribution is 2.26. The molecular formula is C16H32N4O. The van der Waals surface area contributed by atoms with Crippen molar-refractivity contribution < 1.29 is 5.11 Å². The van der Waals surface area contributed by atoms with Gasteiger partial charge in [-0.3, -0.25) is 4.68 Å². The highest BCUT2D eigenvalue weighted by atomic mass is 16.3. The zero-order valence-corrected chi connectivity index (χ0v) is 14.1. The first kappa shape index (κ1) is 18.0. The molecular weight excluding hydrogens is 264 g/mol. The summed E-state index contributed by atoms with van der Waals surface area (Å²) in [6, 6.07) is 0. The van der Waals surface area contributed by atoms with Gasteiger partial charge in [-0.05, 0) is 25.9 Å². The fraction of sp³-hybridized carbons (Fsp3) is 0.812. The third kappa shape index (κ3) is 5.32. The molecule has 1 rings (SSSR count). The van der Waals surface area contributed by atoms with Gasteiger partial charge in [0.25, 0.3) is 0 Å². The Morgan fingerprint density at radius 2 is 1.90 bits per heavy atom. The van der Waals surface area contributed by atoms with Gasteiger partial charge >= 0.3 is 0 Å². The molecule has 0 amide bonds. The van der Waals surface area contributed by atoms with E-state index in [9.17, 15) is 5.11 Å². The van der Waals surface area contributed by atoms with E-state index in [2.05, 4.69) is 49.2 Å². The Hall–Kier alpha value is -1.07. The summed E-state index contributed by atoms with van der Waals surface area (Å²) in [5, 5.41) is 17.4. The van der Waals surface area contributed by atoms with Crippen LogP contribution in [-0.4, -0.2) is 52.6 Å². The minimum atomic E-state index is -0.0245. The molecule has 0 aliphatic rings.